The molecule has 5 nitrogen and oxygen atoms in total. The molecule has 0 saturated carbocycles. The number of nitrogens with zero attached hydrogens (tertiary/aromatic N) is 2. The van der Waals surface area contributed by atoms with E-state index in [4.69, 9.17) is 10.2 Å². The van der Waals surface area contributed by atoms with E-state index in [2.05, 4.69) is 9.88 Å². The van der Waals surface area contributed by atoms with Gasteiger partial charge in [0.25, 0.3) is 0 Å². The first-order valence-electron chi connectivity index (χ1n) is 5.93. The molecule has 2 heterocycles. The fourth-order valence-corrected chi connectivity index (χ4v) is 3.21. The van der Waals surface area contributed by atoms with Gasteiger partial charge < -0.3 is 10.2 Å². The number of anilines is 1. The fourth-order valence-electron chi connectivity index (χ4n) is 2.08. The Hall–Kier alpha value is -1.40. The predicted octanol–water partition coefficient (Wildman–Crippen LogP) is 0.974. The van der Waals surface area contributed by atoms with Gasteiger partial charge in [-0.3, -0.25) is 9.11 Å². The summed E-state index contributed by atoms with van der Waals surface area (Å²) in [4.78, 5) is 6.64. The quantitative estimate of drug-likeness (QED) is 0.819. The lowest BCUT2D eigenvalue weighted by atomic mass is 10.3. The van der Waals surface area contributed by atoms with Crippen LogP contribution in [0.1, 0.15) is 5.89 Å². The summed E-state index contributed by atoms with van der Waals surface area (Å²) < 4.78 is 16.9. The third-order valence-corrected chi connectivity index (χ3v) is 4.36. The van der Waals surface area contributed by atoms with Gasteiger partial charge in [-0.15, -0.1) is 0 Å². The van der Waals surface area contributed by atoms with E-state index in [0.29, 0.717) is 18.1 Å². The van der Waals surface area contributed by atoms with Crippen LogP contribution in [0.15, 0.2) is 22.6 Å². The highest BCUT2D eigenvalue weighted by Gasteiger charge is 2.17. The van der Waals surface area contributed by atoms with Crippen molar-refractivity contribution in [2.24, 2.45) is 0 Å². The molecule has 1 fully saturated rings. The van der Waals surface area contributed by atoms with E-state index < -0.39 is 10.8 Å². The molecule has 18 heavy (non-hydrogen) atoms. The Morgan fingerprint density at radius 3 is 2.94 bits per heavy atom. The molecular weight excluding hydrogens is 250 g/mol. The minimum atomic E-state index is -0.646. The number of rotatable bonds is 2. The molecule has 2 aromatic rings. The molecule has 1 aromatic carbocycles. The minimum absolute atomic E-state index is 0.646. The smallest absolute Gasteiger partial charge is 0.209 e. The Morgan fingerprint density at radius 1 is 1.39 bits per heavy atom. The van der Waals surface area contributed by atoms with Crippen molar-refractivity contribution < 1.29 is 8.63 Å². The molecule has 0 amide bonds. The second kappa shape index (κ2) is 4.70. The van der Waals surface area contributed by atoms with Crippen molar-refractivity contribution in [3.8, 4) is 0 Å². The van der Waals surface area contributed by atoms with Crippen LogP contribution in [0.3, 0.4) is 0 Å². The van der Waals surface area contributed by atoms with Gasteiger partial charge in [-0.1, -0.05) is 0 Å². The first-order valence-corrected chi connectivity index (χ1v) is 7.42. The number of nitrogens with two attached hydrogens (primary N) is 1. The van der Waals surface area contributed by atoms with Gasteiger partial charge in [0.2, 0.25) is 5.89 Å². The van der Waals surface area contributed by atoms with Crippen LogP contribution in [-0.4, -0.2) is 38.7 Å². The first-order chi connectivity index (χ1) is 8.70. The lowest BCUT2D eigenvalue weighted by Crippen LogP contribution is -2.37. The van der Waals surface area contributed by atoms with Gasteiger partial charge in [0.15, 0.2) is 5.58 Å². The van der Waals surface area contributed by atoms with Crippen LogP contribution in [0, 0.1) is 0 Å². The van der Waals surface area contributed by atoms with E-state index in [1.807, 2.05) is 12.1 Å². The van der Waals surface area contributed by atoms with Gasteiger partial charge in [0.05, 0.1) is 6.54 Å². The van der Waals surface area contributed by atoms with Crippen LogP contribution in [0.5, 0.6) is 0 Å². The zero-order valence-electron chi connectivity index (χ0n) is 9.96. The van der Waals surface area contributed by atoms with Gasteiger partial charge in [-0.05, 0) is 12.1 Å². The monoisotopic (exact) mass is 265 g/mol. The maximum Gasteiger partial charge on any atom is 0.209 e. The van der Waals surface area contributed by atoms with Crippen molar-refractivity contribution in [3.63, 3.8) is 0 Å². The largest absolute Gasteiger partial charge is 0.439 e. The number of oxazole rings is 1. The average molecular weight is 265 g/mol. The molecule has 1 saturated heterocycles. The van der Waals surface area contributed by atoms with Crippen LogP contribution in [-0.2, 0) is 17.3 Å². The number of hydrogen-bond acceptors (Lipinski definition) is 5. The second-order valence-electron chi connectivity index (χ2n) is 4.46. The summed E-state index contributed by atoms with van der Waals surface area (Å²) in [7, 11) is -0.646. The molecule has 3 rings (SSSR count). The van der Waals surface area contributed by atoms with Crippen molar-refractivity contribution >= 4 is 27.6 Å². The van der Waals surface area contributed by atoms with Crippen LogP contribution in [0.25, 0.3) is 11.1 Å². The Balaban J connectivity index is 1.76. The van der Waals surface area contributed by atoms with Crippen LogP contribution >= 0.6 is 0 Å². The van der Waals surface area contributed by atoms with Crippen molar-refractivity contribution in [2.45, 2.75) is 6.54 Å². The van der Waals surface area contributed by atoms with Crippen molar-refractivity contribution in [1.29, 1.82) is 0 Å². The summed E-state index contributed by atoms with van der Waals surface area (Å²) in [6.45, 7) is 2.35. The molecule has 6 heteroatoms. The standard InChI is InChI=1S/C12H15N3O2S/c13-9-1-2-10-11(7-9)17-12(14-10)8-15-3-5-18(16)6-4-15/h1-2,7H,3-6,8,13H2. The molecule has 96 valence electrons. The summed E-state index contributed by atoms with van der Waals surface area (Å²) in [5.74, 6) is 2.18. The molecule has 0 unspecified atom stereocenters. The van der Waals surface area contributed by atoms with Crippen LogP contribution in [0.4, 0.5) is 5.69 Å². The summed E-state index contributed by atoms with van der Waals surface area (Å²) in [5, 5.41) is 0. The lowest BCUT2D eigenvalue weighted by molar-refractivity contribution is 0.263. The van der Waals surface area contributed by atoms with E-state index in [0.717, 1.165) is 35.7 Å². The van der Waals surface area contributed by atoms with E-state index in [9.17, 15) is 4.21 Å². The topological polar surface area (TPSA) is 72.4 Å². The van der Waals surface area contributed by atoms with Gasteiger partial charge in [0, 0.05) is 47.1 Å². The average Bonchev–Trinajstić information content (AvgIpc) is 2.73. The van der Waals surface area contributed by atoms with Crippen LogP contribution < -0.4 is 5.73 Å². The van der Waals surface area contributed by atoms with E-state index in [1.54, 1.807) is 6.07 Å². The normalized spacial score (nSPS) is 18.4. The number of nitrogen functional groups attached to an aromatic ring is 1. The maximum absolute atomic E-state index is 11.3. The van der Waals surface area contributed by atoms with Crippen molar-refractivity contribution in [3.05, 3.63) is 24.1 Å². The fraction of sp³-hybridized carbons (Fsp3) is 0.417. The Kier molecular flexibility index (Phi) is 3.05. The lowest BCUT2D eigenvalue weighted by Gasteiger charge is -2.24. The SMILES string of the molecule is Nc1ccc2nc(CN3CCS(=O)CC3)oc2c1. The zero-order valence-corrected chi connectivity index (χ0v) is 10.8. The Morgan fingerprint density at radius 2 is 2.17 bits per heavy atom. The highest BCUT2D eigenvalue weighted by atomic mass is 32.2. The van der Waals surface area contributed by atoms with E-state index >= 15 is 0 Å². The molecule has 1 aromatic heterocycles. The first kappa shape index (κ1) is 11.7. The van der Waals surface area contributed by atoms with Gasteiger partial charge in [-0.25, -0.2) is 4.98 Å². The Bertz CT molecular complexity index is 586. The van der Waals surface area contributed by atoms with Crippen LogP contribution in [0.2, 0.25) is 0 Å². The minimum Gasteiger partial charge on any atom is -0.439 e. The third kappa shape index (κ3) is 2.39. The van der Waals surface area contributed by atoms with Gasteiger partial charge >= 0.3 is 0 Å². The number of aromatic nitrogens is 1. The molecule has 1 aliphatic heterocycles. The molecule has 0 spiro atoms. The van der Waals surface area contributed by atoms with Crippen molar-refractivity contribution in [2.75, 3.05) is 30.3 Å². The molecule has 2 N–H and O–H groups in total. The molecule has 0 atom stereocenters. The maximum atomic E-state index is 11.3. The van der Waals surface area contributed by atoms with Gasteiger partial charge in [-0.2, -0.15) is 0 Å². The number of fused-ring (bicyclic) bond motifs is 1. The molecule has 0 bridgehead atoms. The summed E-state index contributed by atoms with van der Waals surface area (Å²) in [5.41, 5.74) is 7.94. The third-order valence-electron chi connectivity index (χ3n) is 3.09. The van der Waals surface area contributed by atoms with E-state index in [1.165, 1.54) is 0 Å². The van der Waals surface area contributed by atoms with Gasteiger partial charge in [0.1, 0.15) is 5.52 Å². The van der Waals surface area contributed by atoms with E-state index in [-0.39, 0.29) is 0 Å². The van der Waals surface area contributed by atoms with Crippen molar-refractivity contribution in [1.82, 2.24) is 9.88 Å². The predicted molar refractivity (Wildman–Crippen MR) is 71.6 cm³/mol. The highest BCUT2D eigenvalue weighted by molar-refractivity contribution is 7.85. The molecule has 0 aliphatic carbocycles. The molecule has 0 radical (unpaired) electrons. The molecular formula is C12H15N3O2S. The zero-order chi connectivity index (χ0) is 12.5. The number of hydrogen-bond donors (Lipinski definition) is 1. The molecule has 1 aliphatic rings. The number of benzene rings is 1. The summed E-state index contributed by atoms with van der Waals surface area (Å²) >= 11 is 0. The summed E-state index contributed by atoms with van der Waals surface area (Å²) in [6.07, 6.45) is 0. The highest BCUT2D eigenvalue weighted by Crippen LogP contribution is 2.19. The summed E-state index contributed by atoms with van der Waals surface area (Å²) in [6, 6.07) is 5.47. The second-order valence-corrected chi connectivity index (χ2v) is 6.16. The Labute approximate surface area is 107 Å².